The molecule has 0 saturated heterocycles. The smallest absolute Gasteiger partial charge is 0.407 e. The van der Waals surface area contributed by atoms with Crippen LogP contribution in [-0.2, 0) is 20.5 Å². The van der Waals surface area contributed by atoms with Crippen molar-refractivity contribution in [1.29, 1.82) is 0 Å². The minimum Gasteiger partial charge on any atom is -0.445 e. The van der Waals surface area contributed by atoms with E-state index in [1.807, 2.05) is 51.1 Å². The fourth-order valence-corrected chi connectivity index (χ4v) is 3.56. The van der Waals surface area contributed by atoms with Crippen LogP contribution in [0, 0.1) is 0 Å². The molecule has 1 rings (SSSR count). The van der Waals surface area contributed by atoms with Crippen molar-refractivity contribution in [2.45, 2.75) is 90.8 Å². The molecule has 0 unspecified atom stereocenters. The molecule has 0 saturated carbocycles. The third-order valence-corrected chi connectivity index (χ3v) is 9.88. The Balaban J connectivity index is 2.59. The monoisotopic (exact) mass is 466 g/mol. The summed E-state index contributed by atoms with van der Waals surface area (Å²) in [7, 11) is -1.96. The van der Waals surface area contributed by atoms with E-state index in [2.05, 4.69) is 44.5 Å². The van der Waals surface area contributed by atoms with Gasteiger partial charge in [-0.15, -0.1) is 0 Å². The van der Waals surface area contributed by atoms with E-state index >= 15 is 0 Å². The minimum atomic E-state index is -1.96. The normalized spacial score (nSPS) is 13.2. The lowest BCUT2D eigenvalue weighted by atomic mass is 10.1. The Kier molecular flexibility index (Phi) is 10.7. The third kappa shape index (κ3) is 11.5. The van der Waals surface area contributed by atoms with E-state index < -0.39 is 26.1 Å². The van der Waals surface area contributed by atoms with E-state index in [-0.39, 0.29) is 17.7 Å². The van der Waals surface area contributed by atoms with Crippen LogP contribution in [0.1, 0.15) is 59.9 Å². The zero-order chi connectivity index (χ0) is 24.4. The molecule has 0 aliphatic carbocycles. The predicted octanol–water partition coefficient (Wildman–Crippen LogP) is 5.61. The first kappa shape index (κ1) is 28.0. The molecule has 7 nitrogen and oxygen atoms in total. The minimum absolute atomic E-state index is 0.0731. The van der Waals surface area contributed by atoms with Gasteiger partial charge in [0.05, 0.1) is 12.6 Å². The average molecular weight is 467 g/mol. The molecule has 0 heterocycles. The molecule has 8 heteroatoms. The van der Waals surface area contributed by atoms with E-state index in [1.54, 1.807) is 0 Å². The molecule has 0 fully saturated rings. The number of alkyl carbamates (subject to hydrolysis) is 2. The van der Waals surface area contributed by atoms with Crippen LogP contribution in [0.3, 0.4) is 0 Å². The number of carbonyl (C=O) groups excluding carboxylic acids is 2. The molecular weight excluding hydrogens is 424 g/mol. The molecule has 2 amide bonds. The van der Waals surface area contributed by atoms with Gasteiger partial charge in [0.25, 0.3) is 0 Å². The lowest BCUT2D eigenvalue weighted by molar-refractivity contribution is 0.0526. The molecule has 32 heavy (non-hydrogen) atoms. The zero-order valence-corrected chi connectivity index (χ0v) is 22.0. The number of hydrogen-bond donors (Lipinski definition) is 2. The molecule has 0 spiro atoms. The van der Waals surface area contributed by atoms with Crippen molar-refractivity contribution < 1.29 is 23.5 Å². The highest BCUT2D eigenvalue weighted by Crippen LogP contribution is 2.36. The van der Waals surface area contributed by atoms with E-state index in [0.29, 0.717) is 26.0 Å². The van der Waals surface area contributed by atoms with Crippen LogP contribution in [0.4, 0.5) is 9.59 Å². The molecular formula is C24H42N2O5Si. The van der Waals surface area contributed by atoms with Crippen LogP contribution in [0.2, 0.25) is 18.1 Å². The summed E-state index contributed by atoms with van der Waals surface area (Å²) in [4.78, 5) is 24.2. The van der Waals surface area contributed by atoms with Gasteiger partial charge in [-0.25, -0.2) is 9.59 Å². The maximum Gasteiger partial charge on any atom is 0.407 e. The van der Waals surface area contributed by atoms with E-state index in [0.717, 1.165) is 5.56 Å². The molecule has 1 aromatic rings. The first-order chi connectivity index (χ1) is 14.7. The van der Waals surface area contributed by atoms with Crippen molar-refractivity contribution in [3.63, 3.8) is 0 Å². The summed E-state index contributed by atoms with van der Waals surface area (Å²) in [5, 5.41) is 5.76. The SMILES string of the molecule is CC(C)(C)OC(=O)NCCC[C@@H](CO[Si](C)(C)C(C)(C)C)NC(=O)OCc1ccccc1. The summed E-state index contributed by atoms with van der Waals surface area (Å²) in [6, 6.07) is 9.34. The van der Waals surface area contributed by atoms with E-state index in [4.69, 9.17) is 13.9 Å². The van der Waals surface area contributed by atoms with Gasteiger partial charge in [-0.3, -0.25) is 0 Å². The van der Waals surface area contributed by atoms with Crippen molar-refractivity contribution in [2.75, 3.05) is 13.2 Å². The van der Waals surface area contributed by atoms with E-state index in [1.165, 1.54) is 0 Å². The third-order valence-electron chi connectivity index (χ3n) is 5.38. The summed E-state index contributed by atoms with van der Waals surface area (Å²) in [6.45, 7) is 17.5. The fraction of sp³-hybridized carbons (Fsp3) is 0.667. The molecule has 0 aliphatic rings. The molecule has 2 N–H and O–H groups in total. The maximum absolute atomic E-state index is 12.4. The highest BCUT2D eigenvalue weighted by Gasteiger charge is 2.37. The van der Waals surface area contributed by atoms with Crippen LogP contribution < -0.4 is 10.6 Å². The Morgan fingerprint density at radius 3 is 2.19 bits per heavy atom. The standard InChI is InChI=1S/C24H42N2O5Si/c1-23(2,3)31-21(27)25-16-12-15-20(18-30-32(7,8)24(4,5)6)26-22(28)29-17-19-13-10-9-11-14-19/h9-11,13-14,20H,12,15-18H2,1-8H3,(H,25,27)(H,26,28)/t20-/m0/s1. The van der Waals surface area contributed by atoms with E-state index in [9.17, 15) is 9.59 Å². The lowest BCUT2D eigenvalue weighted by Crippen LogP contribution is -2.46. The summed E-state index contributed by atoms with van der Waals surface area (Å²) >= 11 is 0. The lowest BCUT2D eigenvalue weighted by Gasteiger charge is -2.37. The molecule has 0 bridgehead atoms. The van der Waals surface area contributed by atoms with Gasteiger partial charge in [0.1, 0.15) is 12.2 Å². The quantitative estimate of drug-likeness (QED) is 0.346. The Labute approximate surface area is 194 Å². The Hall–Kier alpha value is -2.06. The van der Waals surface area contributed by atoms with Crippen molar-refractivity contribution in [3.8, 4) is 0 Å². The van der Waals surface area contributed by atoms with Crippen molar-refractivity contribution >= 4 is 20.5 Å². The largest absolute Gasteiger partial charge is 0.445 e. The van der Waals surface area contributed by atoms with Crippen LogP contribution in [-0.4, -0.2) is 45.3 Å². The van der Waals surface area contributed by atoms with Crippen LogP contribution in [0.5, 0.6) is 0 Å². The molecule has 0 aliphatic heterocycles. The first-order valence-electron chi connectivity index (χ1n) is 11.3. The van der Waals surface area contributed by atoms with Crippen molar-refractivity contribution in [2.24, 2.45) is 0 Å². The van der Waals surface area contributed by atoms with Gasteiger partial charge in [0.2, 0.25) is 0 Å². The topological polar surface area (TPSA) is 85.9 Å². The molecule has 0 aromatic heterocycles. The van der Waals surface area contributed by atoms with Crippen LogP contribution in [0.15, 0.2) is 30.3 Å². The van der Waals surface area contributed by atoms with Gasteiger partial charge in [0.15, 0.2) is 8.32 Å². The summed E-state index contributed by atoms with van der Waals surface area (Å²) in [6.07, 6.45) is 0.397. The molecule has 0 radical (unpaired) electrons. The second kappa shape index (κ2) is 12.3. The number of amides is 2. The van der Waals surface area contributed by atoms with Gasteiger partial charge in [-0.1, -0.05) is 51.1 Å². The number of hydrogen-bond acceptors (Lipinski definition) is 5. The van der Waals surface area contributed by atoms with Gasteiger partial charge >= 0.3 is 12.2 Å². The molecule has 182 valence electrons. The summed E-state index contributed by atoms with van der Waals surface area (Å²) < 4.78 is 16.9. The second-order valence-corrected chi connectivity index (χ2v) is 15.4. The summed E-state index contributed by atoms with van der Waals surface area (Å²) in [5.74, 6) is 0. The van der Waals surface area contributed by atoms with Gasteiger partial charge in [0, 0.05) is 6.54 Å². The summed E-state index contributed by atoms with van der Waals surface area (Å²) in [5.41, 5.74) is 0.395. The van der Waals surface area contributed by atoms with Crippen LogP contribution >= 0.6 is 0 Å². The first-order valence-corrected chi connectivity index (χ1v) is 14.2. The zero-order valence-electron chi connectivity index (χ0n) is 21.0. The van der Waals surface area contributed by atoms with Gasteiger partial charge < -0.3 is 24.5 Å². The van der Waals surface area contributed by atoms with Gasteiger partial charge in [-0.05, 0) is 57.3 Å². The molecule has 1 aromatic carbocycles. The average Bonchev–Trinajstić information content (AvgIpc) is 2.66. The highest BCUT2D eigenvalue weighted by atomic mass is 28.4. The maximum atomic E-state index is 12.4. The Bertz CT molecular complexity index is 711. The number of nitrogens with one attached hydrogen (secondary N) is 2. The number of carbonyl (C=O) groups is 2. The van der Waals surface area contributed by atoms with Crippen molar-refractivity contribution in [3.05, 3.63) is 35.9 Å². The number of rotatable bonds is 10. The number of ether oxygens (including phenoxy) is 2. The highest BCUT2D eigenvalue weighted by molar-refractivity contribution is 6.74. The Morgan fingerprint density at radius 1 is 1.00 bits per heavy atom. The second-order valence-electron chi connectivity index (χ2n) is 10.5. The molecule has 1 atom stereocenters. The fourth-order valence-electron chi connectivity index (χ4n) is 2.51. The Morgan fingerprint density at radius 2 is 1.62 bits per heavy atom. The van der Waals surface area contributed by atoms with Gasteiger partial charge in [-0.2, -0.15) is 0 Å². The predicted molar refractivity (Wildman–Crippen MR) is 130 cm³/mol. The van der Waals surface area contributed by atoms with Crippen molar-refractivity contribution in [1.82, 2.24) is 10.6 Å². The number of benzene rings is 1. The van der Waals surface area contributed by atoms with Crippen LogP contribution in [0.25, 0.3) is 0 Å².